The van der Waals surface area contributed by atoms with E-state index < -0.39 is 0 Å². The van der Waals surface area contributed by atoms with E-state index in [-0.39, 0.29) is 5.91 Å². The Morgan fingerprint density at radius 1 is 1.22 bits per heavy atom. The minimum absolute atomic E-state index is 0.252. The smallest absolute Gasteiger partial charge is 0.271 e. The summed E-state index contributed by atoms with van der Waals surface area (Å²) < 4.78 is 6.05. The molecule has 0 aromatic heterocycles. The van der Waals surface area contributed by atoms with Gasteiger partial charge in [-0.25, -0.2) is 5.43 Å². The first-order valence-corrected chi connectivity index (χ1v) is 8.09. The molecule has 5 heteroatoms. The van der Waals surface area contributed by atoms with E-state index in [1.807, 2.05) is 49.4 Å². The van der Waals surface area contributed by atoms with Gasteiger partial charge in [-0.1, -0.05) is 36.4 Å². The second-order valence-electron chi connectivity index (χ2n) is 4.79. The number of hydrogen-bond acceptors (Lipinski definition) is 3. The largest absolute Gasteiger partial charge is 0.496 e. The van der Waals surface area contributed by atoms with Crippen LogP contribution in [-0.2, 0) is 0 Å². The maximum Gasteiger partial charge on any atom is 0.271 e. The molecule has 2 aromatic rings. The summed E-state index contributed by atoms with van der Waals surface area (Å²) in [6.45, 7) is 1.83. The second kappa shape index (κ2) is 8.47. The number of carbonyl (C=O) groups excluding carboxylic acids is 1. The van der Waals surface area contributed by atoms with Crippen molar-refractivity contribution in [2.24, 2.45) is 5.10 Å². The summed E-state index contributed by atoms with van der Waals surface area (Å²) in [4.78, 5) is 12.1. The summed E-state index contributed by atoms with van der Waals surface area (Å²) in [7, 11) is 1.60. The number of hydrazone groups is 1. The summed E-state index contributed by atoms with van der Waals surface area (Å²) in [5, 5.41) is 4.08. The lowest BCUT2D eigenvalue weighted by atomic mass is 10.2. The van der Waals surface area contributed by atoms with Crippen LogP contribution in [0.2, 0.25) is 0 Å². The highest BCUT2D eigenvalue weighted by Gasteiger charge is 2.07. The van der Waals surface area contributed by atoms with Gasteiger partial charge in [0, 0.05) is 5.56 Å². The first-order valence-electron chi connectivity index (χ1n) is 7.01. The molecule has 0 bridgehead atoms. The Balaban J connectivity index is 2.00. The van der Waals surface area contributed by atoms with Crippen molar-refractivity contribution in [1.29, 1.82) is 0 Å². The Morgan fingerprint density at radius 3 is 2.61 bits per heavy atom. The maximum absolute atomic E-state index is 12.1. The van der Waals surface area contributed by atoms with E-state index in [9.17, 15) is 4.79 Å². The van der Waals surface area contributed by atoms with E-state index in [1.54, 1.807) is 25.3 Å². The van der Waals surface area contributed by atoms with Crippen molar-refractivity contribution in [3.63, 3.8) is 0 Å². The van der Waals surface area contributed by atoms with Crippen LogP contribution < -0.4 is 10.2 Å². The van der Waals surface area contributed by atoms with Crippen molar-refractivity contribution in [2.75, 3.05) is 7.11 Å². The molecule has 2 rings (SSSR count). The third kappa shape index (κ3) is 5.21. The summed E-state index contributed by atoms with van der Waals surface area (Å²) in [6, 6.07) is 15.2. The van der Waals surface area contributed by atoms with Crippen LogP contribution in [0.5, 0.6) is 5.75 Å². The highest BCUT2D eigenvalue weighted by molar-refractivity contribution is 14.1. The van der Waals surface area contributed by atoms with Crippen LogP contribution in [0.3, 0.4) is 0 Å². The molecule has 0 heterocycles. The Labute approximate surface area is 149 Å². The SMILES string of the molecule is COc1ccc(C(=O)NN=C(C)C=Cc2ccccc2)cc1I. The molecule has 0 atom stereocenters. The summed E-state index contributed by atoms with van der Waals surface area (Å²) >= 11 is 2.13. The molecule has 0 aliphatic heterocycles. The Bertz CT molecular complexity index is 740. The van der Waals surface area contributed by atoms with Crippen LogP contribution in [-0.4, -0.2) is 18.7 Å². The fraction of sp³-hybridized carbons (Fsp3) is 0.111. The molecule has 4 nitrogen and oxygen atoms in total. The molecule has 1 amide bonds. The van der Waals surface area contributed by atoms with E-state index in [4.69, 9.17) is 4.74 Å². The van der Waals surface area contributed by atoms with Gasteiger partial charge < -0.3 is 4.74 Å². The topological polar surface area (TPSA) is 50.7 Å². The van der Waals surface area contributed by atoms with Crippen molar-refractivity contribution in [3.8, 4) is 5.75 Å². The van der Waals surface area contributed by atoms with Gasteiger partial charge in [0.2, 0.25) is 0 Å². The number of rotatable bonds is 5. The lowest BCUT2D eigenvalue weighted by Gasteiger charge is -2.05. The standard InChI is InChI=1S/C18H17IN2O2/c1-13(8-9-14-6-4-3-5-7-14)20-21-18(22)15-10-11-17(23-2)16(19)12-15/h3-12H,1-2H3,(H,21,22). The predicted octanol–water partition coefficient (Wildman–Crippen LogP) is 4.12. The Hall–Kier alpha value is -2.15. The normalized spacial score (nSPS) is 11.5. The number of benzene rings is 2. The molecule has 2 aromatic carbocycles. The lowest BCUT2D eigenvalue weighted by Crippen LogP contribution is -2.18. The first-order chi connectivity index (χ1) is 11.1. The number of halogens is 1. The Kier molecular flexibility index (Phi) is 6.34. The van der Waals surface area contributed by atoms with E-state index in [1.165, 1.54) is 0 Å². The minimum atomic E-state index is -0.252. The van der Waals surface area contributed by atoms with Gasteiger partial charge in [0.05, 0.1) is 16.4 Å². The van der Waals surface area contributed by atoms with Crippen LogP contribution in [0, 0.1) is 3.57 Å². The van der Waals surface area contributed by atoms with Gasteiger partial charge in [-0.2, -0.15) is 5.10 Å². The Morgan fingerprint density at radius 2 is 1.96 bits per heavy atom. The van der Waals surface area contributed by atoms with Gasteiger partial charge in [-0.3, -0.25) is 4.79 Å². The summed E-state index contributed by atoms with van der Waals surface area (Å²) in [5.74, 6) is 0.491. The van der Waals surface area contributed by atoms with Crippen molar-refractivity contribution >= 4 is 40.3 Å². The first kappa shape index (κ1) is 17.2. The van der Waals surface area contributed by atoms with Gasteiger partial charge in [-0.05, 0) is 59.4 Å². The highest BCUT2D eigenvalue weighted by atomic mass is 127. The quantitative estimate of drug-likeness (QED) is 0.450. The number of hydrogen-bond donors (Lipinski definition) is 1. The molecule has 0 aliphatic rings. The molecule has 0 fully saturated rings. The van der Waals surface area contributed by atoms with Gasteiger partial charge in [-0.15, -0.1) is 0 Å². The number of ether oxygens (including phenoxy) is 1. The number of carbonyl (C=O) groups is 1. The summed E-state index contributed by atoms with van der Waals surface area (Å²) in [5.41, 5.74) is 4.89. The molecule has 0 radical (unpaired) electrons. The average Bonchev–Trinajstić information content (AvgIpc) is 2.58. The van der Waals surface area contributed by atoms with E-state index in [2.05, 4.69) is 33.1 Å². The molecular formula is C18H17IN2O2. The molecular weight excluding hydrogens is 403 g/mol. The zero-order chi connectivity index (χ0) is 16.7. The molecule has 0 saturated carbocycles. The zero-order valence-corrected chi connectivity index (χ0v) is 15.1. The molecule has 0 spiro atoms. The fourth-order valence-corrected chi connectivity index (χ4v) is 2.56. The monoisotopic (exact) mass is 420 g/mol. The third-order valence-corrected chi connectivity index (χ3v) is 3.91. The van der Waals surface area contributed by atoms with E-state index in [0.29, 0.717) is 11.3 Å². The van der Waals surface area contributed by atoms with Crippen LogP contribution in [0.25, 0.3) is 6.08 Å². The van der Waals surface area contributed by atoms with Crippen molar-refractivity contribution < 1.29 is 9.53 Å². The van der Waals surface area contributed by atoms with Crippen molar-refractivity contribution in [2.45, 2.75) is 6.92 Å². The predicted molar refractivity (Wildman–Crippen MR) is 102 cm³/mol. The lowest BCUT2D eigenvalue weighted by molar-refractivity contribution is 0.0954. The number of amides is 1. The zero-order valence-electron chi connectivity index (χ0n) is 12.9. The van der Waals surface area contributed by atoms with Crippen molar-refractivity contribution in [3.05, 3.63) is 69.3 Å². The van der Waals surface area contributed by atoms with Crippen molar-refractivity contribution in [1.82, 2.24) is 5.43 Å². The van der Waals surface area contributed by atoms with Gasteiger partial charge in [0.1, 0.15) is 5.75 Å². The average molecular weight is 420 g/mol. The molecule has 0 aliphatic carbocycles. The maximum atomic E-state index is 12.1. The van der Waals surface area contributed by atoms with Gasteiger partial charge in [0.25, 0.3) is 5.91 Å². The number of allylic oxidation sites excluding steroid dienone is 1. The molecule has 118 valence electrons. The molecule has 23 heavy (non-hydrogen) atoms. The van der Waals surface area contributed by atoms with E-state index in [0.717, 1.165) is 14.9 Å². The molecule has 0 unspecified atom stereocenters. The van der Waals surface area contributed by atoms with Crippen LogP contribution in [0.4, 0.5) is 0 Å². The van der Waals surface area contributed by atoms with Crippen LogP contribution >= 0.6 is 22.6 Å². The second-order valence-corrected chi connectivity index (χ2v) is 5.95. The van der Waals surface area contributed by atoms with Gasteiger partial charge >= 0.3 is 0 Å². The van der Waals surface area contributed by atoms with Crippen LogP contribution in [0.15, 0.2) is 59.7 Å². The fourth-order valence-electron chi connectivity index (χ4n) is 1.83. The van der Waals surface area contributed by atoms with E-state index >= 15 is 0 Å². The molecule has 0 saturated heterocycles. The third-order valence-electron chi connectivity index (χ3n) is 3.06. The minimum Gasteiger partial charge on any atom is -0.496 e. The highest BCUT2D eigenvalue weighted by Crippen LogP contribution is 2.21. The van der Waals surface area contributed by atoms with Gasteiger partial charge in [0.15, 0.2) is 0 Å². The summed E-state index contributed by atoms with van der Waals surface area (Å²) in [6.07, 6.45) is 3.80. The number of nitrogens with zero attached hydrogens (tertiary/aromatic N) is 1. The molecule has 1 N–H and O–H groups in total. The number of nitrogens with one attached hydrogen (secondary N) is 1. The number of methoxy groups -OCH3 is 1. The van der Waals surface area contributed by atoms with Crippen LogP contribution in [0.1, 0.15) is 22.8 Å².